The van der Waals surface area contributed by atoms with E-state index in [2.05, 4.69) is 4.98 Å². The molecule has 27 heavy (non-hydrogen) atoms. The van der Waals surface area contributed by atoms with Crippen LogP contribution in [0.5, 0.6) is 0 Å². The summed E-state index contributed by atoms with van der Waals surface area (Å²) in [6.45, 7) is 3.47. The quantitative estimate of drug-likeness (QED) is 0.600. The van der Waals surface area contributed by atoms with Crippen LogP contribution < -0.4 is 0 Å². The number of aryl methyl sites for hydroxylation is 1. The van der Waals surface area contributed by atoms with Crippen LogP contribution in [0.2, 0.25) is 0 Å². The predicted octanol–water partition coefficient (Wildman–Crippen LogP) is 5.37. The van der Waals surface area contributed by atoms with Gasteiger partial charge in [0.1, 0.15) is 15.7 Å². The van der Waals surface area contributed by atoms with Crippen LogP contribution in [0.4, 0.5) is 13.2 Å². The highest BCUT2D eigenvalue weighted by Crippen LogP contribution is 2.31. The lowest BCUT2D eigenvalue weighted by atomic mass is 10.1. The third-order valence-electron chi connectivity index (χ3n) is 4.41. The summed E-state index contributed by atoms with van der Waals surface area (Å²) in [5.74, 6) is -2.49. The SMILES string of the molecule is Cc1nc(-c2ccc(F)cc2)sc1C(=O)N(C)C(C)c1ccc(F)c(F)c1. The van der Waals surface area contributed by atoms with Crippen molar-refractivity contribution in [3.05, 3.63) is 76.1 Å². The second-order valence-electron chi connectivity index (χ2n) is 6.21. The van der Waals surface area contributed by atoms with E-state index in [1.807, 2.05) is 0 Å². The summed E-state index contributed by atoms with van der Waals surface area (Å²) < 4.78 is 39.7. The Kier molecular flexibility index (Phi) is 5.32. The average Bonchev–Trinajstić information content (AvgIpc) is 3.04. The van der Waals surface area contributed by atoms with E-state index in [4.69, 9.17) is 0 Å². The number of aromatic nitrogens is 1. The van der Waals surface area contributed by atoms with Crippen LogP contribution in [-0.4, -0.2) is 22.8 Å². The number of thiazole rings is 1. The molecule has 2 aromatic carbocycles. The zero-order valence-corrected chi connectivity index (χ0v) is 15.8. The maximum absolute atomic E-state index is 13.5. The van der Waals surface area contributed by atoms with Crippen molar-refractivity contribution in [3.63, 3.8) is 0 Å². The number of hydrogen-bond acceptors (Lipinski definition) is 3. The normalized spacial score (nSPS) is 12.1. The lowest BCUT2D eigenvalue weighted by Crippen LogP contribution is -2.29. The largest absolute Gasteiger partial charge is 0.334 e. The number of halogens is 3. The summed E-state index contributed by atoms with van der Waals surface area (Å²) >= 11 is 1.21. The lowest BCUT2D eigenvalue weighted by Gasteiger charge is -2.25. The smallest absolute Gasteiger partial charge is 0.266 e. The van der Waals surface area contributed by atoms with Crippen molar-refractivity contribution >= 4 is 17.2 Å². The Morgan fingerprint density at radius 2 is 1.74 bits per heavy atom. The van der Waals surface area contributed by atoms with E-state index in [1.165, 1.54) is 34.4 Å². The second kappa shape index (κ2) is 7.52. The molecule has 0 aliphatic carbocycles. The highest BCUT2D eigenvalue weighted by atomic mass is 32.1. The van der Waals surface area contributed by atoms with Crippen LogP contribution in [0.25, 0.3) is 10.6 Å². The van der Waals surface area contributed by atoms with Crippen molar-refractivity contribution < 1.29 is 18.0 Å². The van der Waals surface area contributed by atoms with E-state index >= 15 is 0 Å². The Morgan fingerprint density at radius 3 is 2.37 bits per heavy atom. The molecule has 0 saturated heterocycles. The van der Waals surface area contributed by atoms with Gasteiger partial charge in [0.2, 0.25) is 0 Å². The zero-order chi connectivity index (χ0) is 19.7. The predicted molar refractivity (Wildman–Crippen MR) is 99.1 cm³/mol. The van der Waals surface area contributed by atoms with Gasteiger partial charge in [0.05, 0.1) is 11.7 Å². The van der Waals surface area contributed by atoms with Gasteiger partial charge in [0.25, 0.3) is 5.91 Å². The molecule has 0 spiro atoms. The first-order valence-corrected chi connectivity index (χ1v) is 9.05. The molecule has 0 aliphatic heterocycles. The first kappa shape index (κ1) is 19.1. The fourth-order valence-corrected chi connectivity index (χ4v) is 3.70. The van der Waals surface area contributed by atoms with Gasteiger partial charge < -0.3 is 4.90 Å². The van der Waals surface area contributed by atoms with Crippen molar-refractivity contribution in [1.29, 1.82) is 0 Å². The van der Waals surface area contributed by atoms with Gasteiger partial charge in [-0.2, -0.15) is 0 Å². The number of benzene rings is 2. The van der Waals surface area contributed by atoms with Gasteiger partial charge >= 0.3 is 0 Å². The van der Waals surface area contributed by atoms with Gasteiger partial charge in [-0.25, -0.2) is 18.2 Å². The second-order valence-corrected chi connectivity index (χ2v) is 7.21. The molecule has 1 heterocycles. The van der Waals surface area contributed by atoms with E-state index in [1.54, 1.807) is 33.0 Å². The molecule has 0 radical (unpaired) electrons. The summed E-state index contributed by atoms with van der Waals surface area (Å²) in [6.07, 6.45) is 0. The molecule has 0 N–H and O–H groups in total. The Hall–Kier alpha value is -2.67. The number of rotatable bonds is 4. The van der Waals surface area contributed by atoms with Crippen LogP contribution in [0.1, 0.15) is 33.9 Å². The minimum absolute atomic E-state index is 0.268. The fourth-order valence-electron chi connectivity index (χ4n) is 2.64. The summed E-state index contributed by atoms with van der Waals surface area (Å²) in [5, 5.41) is 0.615. The molecular formula is C20H17F3N2OS. The Morgan fingerprint density at radius 1 is 1.07 bits per heavy atom. The Balaban J connectivity index is 1.86. The van der Waals surface area contributed by atoms with Gasteiger partial charge in [-0.3, -0.25) is 4.79 Å². The highest BCUT2D eigenvalue weighted by molar-refractivity contribution is 7.17. The number of hydrogen-bond donors (Lipinski definition) is 0. The van der Waals surface area contributed by atoms with Crippen molar-refractivity contribution in [2.45, 2.75) is 19.9 Å². The minimum Gasteiger partial charge on any atom is -0.334 e. The van der Waals surface area contributed by atoms with E-state index in [-0.39, 0.29) is 11.7 Å². The first-order chi connectivity index (χ1) is 12.8. The summed E-state index contributed by atoms with van der Waals surface area (Å²) in [4.78, 5) is 19.2. The van der Waals surface area contributed by atoms with E-state index in [0.29, 0.717) is 21.1 Å². The highest BCUT2D eigenvalue weighted by Gasteiger charge is 2.24. The topological polar surface area (TPSA) is 33.2 Å². The zero-order valence-electron chi connectivity index (χ0n) is 15.0. The molecule has 0 saturated carbocycles. The molecule has 3 nitrogen and oxygen atoms in total. The van der Waals surface area contributed by atoms with Gasteiger partial charge in [-0.15, -0.1) is 11.3 Å². The fraction of sp³-hybridized carbons (Fsp3) is 0.200. The Bertz CT molecular complexity index is 985. The molecule has 7 heteroatoms. The maximum Gasteiger partial charge on any atom is 0.266 e. The van der Waals surface area contributed by atoms with Gasteiger partial charge in [-0.1, -0.05) is 6.07 Å². The molecule has 0 bridgehead atoms. The molecule has 140 valence electrons. The number of carbonyl (C=O) groups excluding carboxylic acids is 1. The van der Waals surface area contributed by atoms with Crippen LogP contribution >= 0.6 is 11.3 Å². The summed E-state index contributed by atoms with van der Waals surface area (Å²) in [6, 6.07) is 9.03. The minimum atomic E-state index is -0.951. The molecule has 0 aliphatic rings. The summed E-state index contributed by atoms with van der Waals surface area (Å²) in [5.41, 5.74) is 1.78. The van der Waals surface area contributed by atoms with E-state index in [9.17, 15) is 18.0 Å². The first-order valence-electron chi connectivity index (χ1n) is 8.23. The van der Waals surface area contributed by atoms with Crippen molar-refractivity contribution in [2.24, 2.45) is 0 Å². The molecular weight excluding hydrogens is 373 g/mol. The molecule has 1 unspecified atom stereocenters. The lowest BCUT2D eigenvalue weighted by molar-refractivity contribution is 0.0746. The van der Waals surface area contributed by atoms with Crippen molar-refractivity contribution in [3.8, 4) is 10.6 Å². The van der Waals surface area contributed by atoms with Crippen LogP contribution in [0.3, 0.4) is 0 Å². The van der Waals surface area contributed by atoms with Crippen molar-refractivity contribution in [2.75, 3.05) is 7.05 Å². The summed E-state index contributed by atoms with van der Waals surface area (Å²) in [7, 11) is 1.60. The van der Waals surface area contributed by atoms with Crippen LogP contribution in [-0.2, 0) is 0 Å². The molecule has 1 atom stereocenters. The van der Waals surface area contributed by atoms with E-state index in [0.717, 1.165) is 17.7 Å². The Labute approximate surface area is 159 Å². The van der Waals surface area contributed by atoms with Gasteiger partial charge in [0.15, 0.2) is 11.6 Å². The van der Waals surface area contributed by atoms with Gasteiger partial charge in [-0.05, 0) is 55.8 Å². The number of carbonyl (C=O) groups is 1. The maximum atomic E-state index is 13.5. The molecule has 3 rings (SSSR count). The molecule has 1 amide bonds. The van der Waals surface area contributed by atoms with Gasteiger partial charge in [0, 0.05) is 12.6 Å². The van der Waals surface area contributed by atoms with E-state index < -0.39 is 17.7 Å². The monoisotopic (exact) mass is 390 g/mol. The number of amides is 1. The number of nitrogens with zero attached hydrogens (tertiary/aromatic N) is 2. The van der Waals surface area contributed by atoms with Crippen LogP contribution in [0.15, 0.2) is 42.5 Å². The third kappa shape index (κ3) is 3.88. The van der Waals surface area contributed by atoms with Crippen LogP contribution in [0, 0.1) is 24.4 Å². The average molecular weight is 390 g/mol. The third-order valence-corrected chi connectivity index (χ3v) is 5.60. The van der Waals surface area contributed by atoms with Crippen molar-refractivity contribution in [1.82, 2.24) is 9.88 Å². The standard InChI is InChI=1S/C20H17F3N2OS/c1-11-18(27-19(24-11)13-4-7-15(21)8-5-13)20(26)25(3)12(2)14-6-9-16(22)17(23)10-14/h4-10,12H,1-3H3. The molecule has 0 fully saturated rings. The molecule has 3 aromatic rings. The molecule has 1 aromatic heterocycles.